The second-order valence-electron chi connectivity index (χ2n) is 3.75. The molecule has 1 rings (SSSR count). The molecular weight excluding hydrogens is 210 g/mol. The van der Waals surface area contributed by atoms with Crippen LogP contribution in [0, 0.1) is 6.92 Å². The van der Waals surface area contributed by atoms with Crippen LogP contribution in [-0.4, -0.2) is 23.0 Å². The Labute approximate surface area is 93.4 Å². The fourth-order valence-corrected chi connectivity index (χ4v) is 1.28. The summed E-state index contributed by atoms with van der Waals surface area (Å²) < 4.78 is 5.01. The van der Waals surface area contributed by atoms with Gasteiger partial charge in [-0.2, -0.15) is 0 Å². The van der Waals surface area contributed by atoms with Gasteiger partial charge in [-0.3, -0.25) is 9.59 Å². The summed E-state index contributed by atoms with van der Waals surface area (Å²) in [6.07, 6.45) is 1.85. The van der Waals surface area contributed by atoms with E-state index in [0.29, 0.717) is 17.7 Å². The highest BCUT2D eigenvalue weighted by atomic mass is 16.4. The highest BCUT2D eigenvalue weighted by molar-refractivity contribution is 5.94. The molecule has 88 valence electrons. The Morgan fingerprint density at radius 3 is 2.75 bits per heavy atom. The molecule has 0 aliphatic rings. The molecule has 0 spiro atoms. The predicted octanol–water partition coefficient (Wildman–Crippen LogP) is 1.57. The molecule has 1 amide bonds. The maximum absolute atomic E-state index is 11.6. The minimum atomic E-state index is -0.861. The lowest BCUT2D eigenvalue weighted by Crippen LogP contribution is -2.32. The van der Waals surface area contributed by atoms with E-state index in [2.05, 4.69) is 5.32 Å². The first-order valence-electron chi connectivity index (χ1n) is 5.07. The number of aryl methyl sites for hydroxylation is 1. The number of aliphatic carboxylic acids is 1. The summed E-state index contributed by atoms with van der Waals surface area (Å²) in [6.45, 7) is 3.53. The van der Waals surface area contributed by atoms with Crippen LogP contribution in [0.1, 0.15) is 35.9 Å². The van der Waals surface area contributed by atoms with Crippen LogP contribution in [0.3, 0.4) is 0 Å². The van der Waals surface area contributed by atoms with Crippen molar-refractivity contribution in [2.24, 2.45) is 0 Å². The molecule has 5 nitrogen and oxygen atoms in total. The molecule has 1 atom stereocenters. The van der Waals surface area contributed by atoms with Crippen molar-refractivity contribution in [3.8, 4) is 0 Å². The highest BCUT2D eigenvalue weighted by Gasteiger charge is 2.12. The van der Waals surface area contributed by atoms with Crippen molar-refractivity contribution in [1.82, 2.24) is 5.32 Å². The number of hydrogen-bond acceptors (Lipinski definition) is 3. The second-order valence-corrected chi connectivity index (χ2v) is 3.75. The van der Waals surface area contributed by atoms with Crippen LogP contribution in [0.15, 0.2) is 16.7 Å². The summed E-state index contributed by atoms with van der Waals surface area (Å²) in [5.74, 6) is -0.432. The quantitative estimate of drug-likeness (QED) is 0.797. The fourth-order valence-electron chi connectivity index (χ4n) is 1.28. The van der Waals surface area contributed by atoms with Gasteiger partial charge in [0.25, 0.3) is 5.91 Å². The van der Waals surface area contributed by atoms with Crippen LogP contribution < -0.4 is 5.32 Å². The van der Waals surface area contributed by atoms with Crippen molar-refractivity contribution in [2.45, 2.75) is 32.7 Å². The summed E-state index contributed by atoms with van der Waals surface area (Å²) in [4.78, 5) is 21.9. The van der Waals surface area contributed by atoms with Gasteiger partial charge in [0.1, 0.15) is 12.0 Å². The standard InChI is InChI=1S/C11H15NO4/c1-7(3-4-10(13)14)12-11(15)9-5-8(2)16-6-9/h5-7H,3-4H2,1-2H3,(H,12,15)(H,13,14). The largest absolute Gasteiger partial charge is 0.481 e. The lowest BCUT2D eigenvalue weighted by molar-refractivity contribution is -0.137. The molecule has 1 aromatic rings. The van der Waals surface area contributed by atoms with Gasteiger partial charge < -0.3 is 14.8 Å². The van der Waals surface area contributed by atoms with Crippen molar-refractivity contribution in [3.63, 3.8) is 0 Å². The first kappa shape index (κ1) is 12.3. The van der Waals surface area contributed by atoms with Crippen LogP contribution in [0.4, 0.5) is 0 Å². The maximum atomic E-state index is 11.6. The van der Waals surface area contributed by atoms with Crippen LogP contribution in [0.5, 0.6) is 0 Å². The zero-order valence-corrected chi connectivity index (χ0v) is 9.32. The number of carbonyl (C=O) groups is 2. The Morgan fingerprint density at radius 1 is 1.56 bits per heavy atom. The van der Waals surface area contributed by atoms with E-state index in [0.717, 1.165) is 0 Å². The Hall–Kier alpha value is -1.78. The number of amides is 1. The average Bonchev–Trinajstić information content (AvgIpc) is 2.62. The molecule has 2 N–H and O–H groups in total. The van der Waals surface area contributed by atoms with Gasteiger partial charge in [0, 0.05) is 12.5 Å². The molecule has 16 heavy (non-hydrogen) atoms. The van der Waals surface area contributed by atoms with Crippen LogP contribution in [-0.2, 0) is 4.79 Å². The molecule has 0 saturated carbocycles. The average molecular weight is 225 g/mol. The number of carboxylic acids is 1. The van der Waals surface area contributed by atoms with Crippen molar-refractivity contribution in [3.05, 3.63) is 23.7 Å². The highest BCUT2D eigenvalue weighted by Crippen LogP contribution is 2.07. The summed E-state index contributed by atoms with van der Waals surface area (Å²) >= 11 is 0. The molecule has 5 heteroatoms. The third kappa shape index (κ3) is 3.76. The second kappa shape index (κ2) is 5.34. The Kier molecular flexibility index (Phi) is 4.10. The Balaban J connectivity index is 2.42. The van der Waals surface area contributed by atoms with Crippen molar-refractivity contribution in [2.75, 3.05) is 0 Å². The first-order chi connectivity index (χ1) is 7.49. The SMILES string of the molecule is Cc1cc(C(=O)NC(C)CCC(=O)O)co1. The number of hydrogen-bond donors (Lipinski definition) is 2. The summed E-state index contributed by atoms with van der Waals surface area (Å²) in [6, 6.07) is 1.47. The van der Waals surface area contributed by atoms with Crippen LogP contribution in [0.25, 0.3) is 0 Å². The third-order valence-electron chi connectivity index (χ3n) is 2.16. The van der Waals surface area contributed by atoms with E-state index < -0.39 is 5.97 Å². The molecule has 1 heterocycles. The topological polar surface area (TPSA) is 79.5 Å². The minimum absolute atomic E-state index is 0.0475. The number of nitrogens with one attached hydrogen (secondary N) is 1. The zero-order valence-electron chi connectivity index (χ0n) is 9.32. The monoisotopic (exact) mass is 225 g/mol. The van der Waals surface area contributed by atoms with Crippen molar-refractivity contribution in [1.29, 1.82) is 0 Å². The minimum Gasteiger partial charge on any atom is -0.481 e. The lowest BCUT2D eigenvalue weighted by atomic mass is 10.1. The smallest absolute Gasteiger partial charge is 0.303 e. The molecule has 1 unspecified atom stereocenters. The summed E-state index contributed by atoms with van der Waals surface area (Å²) in [5, 5.41) is 11.2. The molecule has 0 aliphatic heterocycles. The van der Waals surface area contributed by atoms with Crippen molar-refractivity contribution >= 4 is 11.9 Å². The first-order valence-corrected chi connectivity index (χ1v) is 5.07. The summed E-state index contributed by atoms with van der Waals surface area (Å²) in [5.41, 5.74) is 0.458. The Bertz CT molecular complexity index is 383. The number of carboxylic acid groups (broad SMARTS) is 1. The molecule has 0 bridgehead atoms. The van der Waals surface area contributed by atoms with Gasteiger partial charge in [0.05, 0.1) is 5.56 Å². The normalized spacial score (nSPS) is 12.1. The van der Waals surface area contributed by atoms with Gasteiger partial charge in [0.15, 0.2) is 0 Å². The van der Waals surface area contributed by atoms with E-state index in [9.17, 15) is 9.59 Å². The fraction of sp³-hybridized carbons (Fsp3) is 0.455. The third-order valence-corrected chi connectivity index (χ3v) is 2.16. The maximum Gasteiger partial charge on any atom is 0.303 e. The van der Waals surface area contributed by atoms with Gasteiger partial charge in [-0.15, -0.1) is 0 Å². The van der Waals surface area contributed by atoms with E-state index in [-0.39, 0.29) is 18.4 Å². The van der Waals surface area contributed by atoms with Gasteiger partial charge in [-0.1, -0.05) is 0 Å². The van der Waals surface area contributed by atoms with E-state index >= 15 is 0 Å². The van der Waals surface area contributed by atoms with Gasteiger partial charge in [0.2, 0.25) is 0 Å². The van der Waals surface area contributed by atoms with Gasteiger partial charge in [-0.05, 0) is 26.3 Å². The Morgan fingerprint density at radius 2 is 2.25 bits per heavy atom. The van der Waals surface area contributed by atoms with Crippen LogP contribution in [0.2, 0.25) is 0 Å². The van der Waals surface area contributed by atoms with E-state index in [4.69, 9.17) is 9.52 Å². The zero-order chi connectivity index (χ0) is 12.1. The van der Waals surface area contributed by atoms with E-state index in [1.165, 1.54) is 6.26 Å². The summed E-state index contributed by atoms with van der Waals surface area (Å²) in [7, 11) is 0. The number of furan rings is 1. The van der Waals surface area contributed by atoms with Gasteiger partial charge >= 0.3 is 5.97 Å². The molecule has 0 aliphatic carbocycles. The molecular formula is C11H15NO4. The van der Waals surface area contributed by atoms with Gasteiger partial charge in [-0.25, -0.2) is 0 Å². The number of rotatable bonds is 5. The van der Waals surface area contributed by atoms with Crippen LogP contribution >= 0.6 is 0 Å². The van der Waals surface area contributed by atoms with Crippen molar-refractivity contribution < 1.29 is 19.1 Å². The molecule has 0 saturated heterocycles. The van der Waals surface area contributed by atoms with E-state index in [1.807, 2.05) is 0 Å². The van der Waals surface area contributed by atoms with E-state index in [1.54, 1.807) is 19.9 Å². The molecule has 0 aromatic carbocycles. The number of carbonyl (C=O) groups excluding carboxylic acids is 1. The molecule has 1 aromatic heterocycles. The molecule has 0 radical (unpaired) electrons. The predicted molar refractivity (Wildman–Crippen MR) is 57.2 cm³/mol. The lowest BCUT2D eigenvalue weighted by Gasteiger charge is -2.11. The molecule has 0 fully saturated rings.